The Morgan fingerprint density at radius 2 is 2.04 bits per heavy atom. The Bertz CT molecular complexity index is 886. The van der Waals surface area contributed by atoms with Crippen molar-refractivity contribution < 1.29 is 9.59 Å². The molecule has 1 amide bonds. The molecular weight excluding hydrogens is 314 g/mol. The summed E-state index contributed by atoms with van der Waals surface area (Å²) in [6.07, 6.45) is 6.76. The Labute approximate surface area is 146 Å². The second kappa shape index (κ2) is 5.92. The maximum absolute atomic E-state index is 13.1. The monoisotopic (exact) mass is 333 g/mol. The number of aromatic nitrogens is 1. The number of likely N-dealkylation sites (N-methyl/N-ethyl adjacent to an activating group) is 1. The molecule has 0 bridgehead atoms. The molecule has 1 unspecified atom stereocenters. The summed E-state index contributed by atoms with van der Waals surface area (Å²) in [5.41, 5.74) is 3.04. The van der Waals surface area contributed by atoms with Crippen molar-refractivity contribution in [3.63, 3.8) is 0 Å². The molecule has 0 radical (unpaired) electrons. The van der Waals surface area contributed by atoms with Crippen LogP contribution in [0.15, 0.2) is 53.2 Å². The second-order valence-electron chi connectivity index (χ2n) is 6.66. The van der Waals surface area contributed by atoms with Crippen LogP contribution in [-0.4, -0.2) is 41.5 Å². The van der Waals surface area contributed by atoms with E-state index in [1.54, 1.807) is 29.3 Å². The number of hydrogen-bond acceptors (Lipinski definition) is 4. The normalized spacial score (nSPS) is 23.6. The molecule has 1 aromatic heterocycles. The molecule has 3 aliphatic rings. The largest absolute Gasteiger partial charge is 0.299 e. The Hall–Kier alpha value is -2.82. The van der Waals surface area contributed by atoms with E-state index < -0.39 is 5.41 Å². The third-order valence-corrected chi connectivity index (χ3v) is 5.19. The third-order valence-electron chi connectivity index (χ3n) is 5.19. The minimum Gasteiger partial charge on any atom is -0.299 e. The van der Waals surface area contributed by atoms with E-state index in [1.807, 2.05) is 19.2 Å². The summed E-state index contributed by atoms with van der Waals surface area (Å²) >= 11 is 0. The van der Waals surface area contributed by atoms with Crippen LogP contribution < -0.4 is 0 Å². The molecule has 1 saturated heterocycles. The highest BCUT2D eigenvalue weighted by molar-refractivity contribution is 6.20. The maximum atomic E-state index is 13.1. The van der Waals surface area contributed by atoms with Crippen LogP contribution in [0.5, 0.6) is 0 Å². The van der Waals surface area contributed by atoms with Crippen molar-refractivity contribution in [2.45, 2.75) is 19.3 Å². The number of aliphatic imine (C=N–C) groups is 1. The van der Waals surface area contributed by atoms with Crippen LogP contribution in [0.25, 0.3) is 0 Å². The molecule has 1 fully saturated rings. The van der Waals surface area contributed by atoms with Crippen LogP contribution >= 0.6 is 0 Å². The van der Waals surface area contributed by atoms with E-state index >= 15 is 0 Å². The van der Waals surface area contributed by atoms with E-state index in [9.17, 15) is 9.59 Å². The van der Waals surface area contributed by atoms with Gasteiger partial charge >= 0.3 is 0 Å². The van der Waals surface area contributed by atoms with Gasteiger partial charge in [-0.05, 0) is 24.5 Å². The lowest BCUT2D eigenvalue weighted by atomic mass is 9.78. The van der Waals surface area contributed by atoms with Gasteiger partial charge in [0.1, 0.15) is 12.1 Å². The van der Waals surface area contributed by atoms with E-state index in [0.29, 0.717) is 18.4 Å². The Kier molecular flexibility index (Phi) is 3.71. The summed E-state index contributed by atoms with van der Waals surface area (Å²) in [5.74, 6) is 0.919. The summed E-state index contributed by atoms with van der Waals surface area (Å²) in [7, 11) is 1.81. The molecule has 1 aliphatic carbocycles. The van der Waals surface area contributed by atoms with E-state index in [-0.39, 0.29) is 5.91 Å². The predicted molar refractivity (Wildman–Crippen MR) is 94.9 cm³/mol. The fraction of sp³-hybridized carbons (Fsp3) is 0.300. The molecule has 1 atom stereocenters. The lowest BCUT2D eigenvalue weighted by Gasteiger charge is -2.21. The Morgan fingerprint density at radius 1 is 1.20 bits per heavy atom. The van der Waals surface area contributed by atoms with E-state index in [1.165, 1.54) is 0 Å². The minimum absolute atomic E-state index is 0.102. The first kappa shape index (κ1) is 15.7. The van der Waals surface area contributed by atoms with E-state index in [2.05, 4.69) is 16.1 Å². The number of carbonyl (C=O) groups excluding carboxylic acids is 2. The lowest BCUT2D eigenvalue weighted by Crippen LogP contribution is -2.34. The Morgan fingerprint density at radius 3 is 2.88 bits per heavy atom. The number of amidine groups is 1. The second-order valence-corrected chi connectivity index (χ2v) is 6.66. The number of rotatable bonds is 1. The van der Waals surface area contributed by atoms with Gasteiger partial charge in [0, 0.05) is 43.0 Å². The molecule has 1 spiro atoms. The van der Waals surface area contributed by atoms with Crippen LogP contribution in [0.3, 0.4) is 0 Å². The first-order valence-corrected chi connectivity index (χ1v) is 8.46. The molecule has 1 aromatic rings. The molecule has 5 nitrogen and oxygen atoms in total. The van der Waals surface area contributed by atoms with Gasteiger partial charge in [-0.1, -0.05) is 30.3 Å². The zero-order valence-electron chi connectivity index (χ0n) is 14.1. The average molecular weight is 333 g/mol. The van der Waals surface area contributed by atoms with Crippen molar-refractivity contribution in [1.29, 1.82) is 0 Å². The smallest absolute Gasteiger partial charge is 0.239 e. The van der Waals surface area contributed by atoms with E-state index in [0.717, 1.165) is 41.9 Å². The molecular formula is C20H19N3O2. The first-order valence-electron chi connectivity index (χ1n) is 8.46. The quantitative estimate of drug-likeness (QED) is 0.741. The van der Waals surface area contributed by atoms with Gasteiger partial charge in [0.15, 0.2) is 0 Å². The molecule has 0 aromatic carbocycles. The fourth-order valence-corrected chi connectivity index (χ4v) is 4.00. The van der Waals surface area contributed by atoms with Gasteiger partial charge in [-0.25, -0.2) is 0 Å². The van der Waals surface area contributed by atoms with Crippen LogP contribution in [-0.2, 0) is 17.6 Å². The minimum atomic E-state index is -0.574. The average Bonchev–Trinajstić information content (AvgIpc) is 3.11. The molecule has 2 aliphatic heterocycles. The van der Waals surface area contributed by atoms with Crippen LogP contribution in [0.2, 0.25) is 0 Å². The standard InChI is InChI=1S/C20H19N3O2/c1-23-18-16(8-4-10-22-18)20(19(23)25)11-15-7-2-5-14(13-24)6-3-9-21-17(15)12-20/h2-3,5-9,13H,4,10-12H2,1H3. The van der Waals surface area contributed by atoms with E-state index in [4.69, 9.17) is 0 Å². The zero-order valence-corrected chi connectivity index (χ0v) is 14.1. The lowest BCUT2D eigenvalue weighted by molar-refractivity contribution is -0.132. The predicted octanol–water partition coefficient (Wildman–Crippen LogP) is 2.30. The van der Waals surface area contributed by atoms with Crippen molar-refractivity contribution in [2.75, 3.05) is 13.6 Å². The summed E-state index contributed by atoms with van der Waals surface area (Å²) in [5, 5.41) is 0. The molecule has 25 heavy (non-hydrogen) atoms. The number of fused-ring (bicyclic) bond motifs is 3. The number of aldehydes is 1. The topological polar surface area (TPSA) is 62.6 Å². The van der Waals surface area contributed by atoms with Crippen molar-refractivity contribution in [3.8, 4) is 0 Å². The molecule has 0 saturated carbocycles. The summed E-state index contributed by atoms with van der Waals surface area (Å²) in [6, 6.07) is 9.07. The molecule has 4 rings (SSSR count). The van der Waals surface area contributed by atoms with Gasteiger partial charge in [0.25, 0.3) is 0 Å². The first-order chi connectivity index (χ1) is 12.2. The zero-order chi connectivity index (χ0) is 17.4. The number of nitrogens with zero attached hydrogens (tertiary/aromatic N) is 3. The van der Waals surface area contributed by atoms with Crippen LogP contribution in [0, 0.1) is 5.41 Å². The molecule has 3 heterocycles. The number of carbonyl (C=O) groups is 2. The SMILES string of the molecule is CN1C(=O)C2(Cc3cccc(C=O)cccnc3C2)C2=CCCN=C21. The third kappa shape index (κ3) is 2.38. The van der Waals surface area contributed by atoms with Gasteiger partial charge in [0.2, 0.25) is 5.91 Å². The summed E-state index contributed by atoms with van der Waals surface area (Å²) in [4.78, 5) is 34.9. The molecule has 0 N–H and O–H groups in total. The highest BCUT2D eigenvalue weighted by Crippen LogP contribution is 2.48. The molecule has 126 valence electrons. The highest BCUT2D eigenvalue weighted by Gasteiger charge is 2.56. The highest BCUT2D eigenvalue weighted by atomic mass is 16.2. The fourth-order valence-electron chi connectivity index (χ4n) is 4.00. The van der Waals surface area contributed by atoms with Gasteiger partial charge in [0.05, 0.1) is 5.41 Å². The summed E-state index contributed by atoms with van der Waals surface area (Å²) in [6.45, 7) is 0.738. The molecule has 5 heteroatoms. The van der Waals surface area contributed by atoms with Gasteiger partial charge in [-0.2, -0.15) is 0 Å². The maximum Gasteiger partial charge on any atom is 0.239 e. The van der Waals surface area contributed by atoms with Gasteiger partial charge in [-0.3, -0.25) is 24.5 Å². The van der Waals surface area contributed by atoms with Gasteiger partial charge in [-0.15, -0.1) is 0 Å². The van der Waals surface area contributed by atoms with Crippen molar-refractivity contribution in [3.05, 3.63) is 65.0 Å². The van der Waals surface area contributed by atoms with Crippen molar-refractivity contribution >= 4 is 18.0 Å². The Balaban J connectivity index is 1.83. The van der Waals surface area contributed by atoms with Gasteiger partial charge < -0.3 is 0 Å². The van der Waals surface area contributed by atoms with Crippen molar-refractivity contribution in [1.82, 2.24) is 9.88 Å². The van der Waals surface area contributed by atoms with Crippen LogP contribution in [0.1, 0.15) is 28.0 Å². The summed E-state index contributed by atoms with van der Waals surface area (Å²) < 4.78 is 0. The number of amides is 1. The number of dihydropyridines is 1. The number of likely N-dealkylation sites (tertiary alicyclic amines) is 1. The van der Waals surface area contributed by atoms with Crippen LogP contribution in [0.4, 0.5) is 0 Å². The number of hydrogen-bond donors (Lipinski definition) is 0. The van der Waals surface area contributed by atoms with Crippen molar-refractivity contribution in [2.24, 2.45) is 10.4 Å².